The quantitative estimate of drug-likeness (QED) is 0.744. The summed E-state index contributed by atoms with van der Waals surface area (Å²) in [4.78, 5) is 22.5. The zero-order chi connectivity index (χ0) is 15.8. The van der Waals surface area contributed by atoms with E-state index in [9.17, 15) is 9.59 Å². The number of aliphatic carboxylic acids is 1. The first-order valence-electron chi connectivity index (χ1n) is 7.49. The van der Waals surface area contributed by atoms with Gasteiger partial charge in [0.25, 0.3) is 0 Å². The van der Waals surface area contributed by atoms with Gasteiger partial charge in [-0.05, 0) is 24.8 Å². The van der Waals surface area contributed by atoms with E-state index in [1.807, 2.05) is 30.3 Å². The molecular formula is C16H22N2O4. The molecule has 6 heteroatoms. The minimum atomic E-state index is -0.926. The minimum Gasteiger partial charge on any atom is -0.481 e. The maximum atomic E-state index is 12.0. The lowest BCUT2D eigenvalue weighted by molar-refractivity contribution is -0.136. The fraction of sp³-hybridized carbons (Fsp3) is 0.500. The number of urea groups is 1. The van der Waals surface area contributed by atoms with Crippen LogP contribution in [-0.2, 0) is 16.0 Å². The van der Waals surface area contributed by atoms with Gasteiger partial charge in [0.05, 0.1) is 12.0 Å². The van der Waals surface area contributed by atoms with Crippen LogP contribution in [0.5, 0.6) is 0 Å². The Balaban J connectivity index is 1.96. The summed E-state index contributed by atoms with van der Waals surface area (Å²) in [7, 11) is 0. The normalized spacial score (nSPS) is 16.7. The van der Waals surface area contributed by atoms with Crippen LogP contribution in [0.1, 0.15) is 24.8 Å². The standard InChI is InChI=1S/C16H22N2O4/c19-14(20)6-9-17-15(21)18-16(7-10-22-11-8-16)12-13-4-2-1-3-5-13/h1-5H,6-12H2,(H,19,20)(H2,17,18,21). The first-order valence-corrected chi connectivity index (χ1v) is 7.49. The highest BCUT2D eigenvalue weighted by molar-refractivity contribution is 5.75. The molecule has 1 aromatic rings. The zero-order valence-corrected chi connectivity index (χ0v) is 12.5. The summed E-state index contributed by atoms with van der Waals surface area (Å²) in [6, 6.07) is 9.69. The number of carboxylic acids is 1. The number of hydrogen-bond acceptors (Lipinski definition) is 3. The van der Waals surface area contributed by atoms with Crippen molar-refractivity contribution in [1.29, 1.82) is 0 Å². The number of hydrogen-bond donors (Lipinski definition) is 3. The van der Waals surface area contributed by atoms with Gasteiger partial charge in [0.1, 0.15) is 0 Å². The first-order chi connectivity index (χ1) is 10.6. The number of carbonyl (C=O) groups is 2. The van der Waals surface area contributed by atoms with Gasteiger partial charge in [-0.25, -0.2) is 4.79 Å². The van der Waals surface area contributed by atoms with Crippen molar-refractivity contribution in [3.05, 3.63) is 35.9 Å². The van der Waals surface area contributed by atoms with E-state index in [1.54, 1.807) is 0 Å². The Kier molecular flexibility index (Phi) is 5.77. The Labute approximate surface area is 129 Å². The van der Waals surface area contributed by atoms with E-state index in [2.05, 4.69) is 10.6 Å². The summed E-state index contributed by atoms with van der Waals surface area (Å²) in [5.41, 5.74) is 0.822. The first kappa shape index (κ1) is 16.3. The Hall–Kier alpha value is -2.08. The van der Waals surface area contributed by atoms with Gasteiger partial charge < -0.3 is 20.5 Å². The third-order valence-electron chi connectivity index (χ3n) is 3.84. The highest BCUT2D eigenvalue weighted by atomic mass is 16.5. The van der Waals surface area contributed by atoms with E-state index >= 15 is 0 Å². The molecule has 1 aromatic carbocycles. The molecule has 6 nitrogen and oxygen atoms in total. The van der Waals surface area contributed by atoms with E-state index in [4.69, 9.17) is 9.84 Å². The van der Waals surface area contributed by atoms with Crippen molar-refractivity contribution in [1.82, 2.24) is 10.6 Å². The average Bonchev–Trinajstić information content (AvgIpc) is 2.48. The number of ether oxygens (including phenoxy) is 1. The molecule has 0 aliphatic carbocycles. The van der Waals surface area contributed by atoms with Crippen LogP contribution in [0.15, 0.2) is 30.3 Å². The molecular weight excluding hydrogens is 284 g/mol. The molecule has 1 aliphatic heterocycles. The third-order valence-corrected chi connectivity index (χ3v) is 3.84. The number of nitrogens with one attached hydrogen (secondary N) is 2. The van der Waals surface area contributed by atoms with Crippen LogP contribution in [0.25, 0.3) is 0 Å². The van der Waals surface area contributed by atoms with Crippen LogP contribution in [-0.4, -0.2) is 42.4 Å². The van der Waals surface area contributed by atoms with Gasteiger partial charge in [-0.2, -0.15) is 0 Å². The highest BCUT2D eigenvalue weighted by Crippen LogP contribution is 2.25. The Morgan fingerprint density at radius 1 is 1.18 bits per heavy atom. The van der Waals surface area contributed by atoms with Gasteiger partial charge in [-0.3, -0.25) is 4.79 Å². The number of amides is 2. The summed E-state index contributed by atoms with van der Waals surface area (Å²) in [6.07, 6.45) is 2.15. The molecule has 2 amide bonds. The molecule has 1 heterocycles. The molecule has 1 aliphatic rings. The van der Waals surface area contributed by atoms with Crippen LogP contribution >= 0.6 is 0 Å². The maximum absolute atomic E-state index is 12.0. The lowest BCUT2D eigenvalue weighted by Crippen LogP contribution is -2.56. The number of benzene rings is 1. The number of rotatable bonds is 6. The van der Waals surface area contributed by atoms with Gasteiger partial charge in [-0.15, -0.1) is 0 Å². The minimum absolute atomic E-state index is 0.0811. The van der Waals surface area contributed by atoms with E-state index in [0.717, 1.165) is 24.8 Å². The van der Waals surface area contributed by atoms with Crippen molar-refractivity contribution in [3.63, 3.8) is 0 Å². The Bertz CT molecular complexity index is 498. The molecule has 120 valence electrons. The molecule has 1 saturated heterocycles. The van der Waals surface area contributed by atoms with Gasteiger partial charge in [0, 0.05) is 19.8 Å². The van der Waals surface area contributed by atoms with Gasteiger partial charge in [0.2, 0.25) is 0 Å². The maximum Gasteiger partial charge on any atom is 0.315 e. The largest absolute Gasteiger partial charge is 0.481 e. The van der Waals surface area contributed by atoms with Gasteiger partial charge >= 0.3 is 12.0 Å². The molecule has 2 rings (SSSR count). The summed E-state index contributed by atoms with van der Waals surface area (Å²) in [5, 5.41) is 14.2. The van der Waals surface area contributed by atoms with E-state index < -0.39 is 5.97 Å². The fourth-order valence-electron chi connectivity index (χ4n) is 2.66. The van der Waals surface area contributed by atoms with Crippen molar-refractivity contribution >= 4 is 12.0 Å². The second-order valence-corrected chi connectivity index (χ2v) is 5.58. The lowest BCUT2D eigenvalue weighted by atomic mass is 9.84. The molecule has 3 N–H and O–H groups in total. The van der Waals surface area contributed by atoms with Gasteiger partial charge in [0.15, 0.2) is 0 Å². The molecule has 0 spiro atoms. The van der Waals surface area contributed by atoms with Crippen molar-refractivity contribution in [2.45, 2.75) is 31.2 Å². The lowest BCUT2D eigenvalue weighted by Gasteiger charge is -2.38. The molecule has 0 unspecified atom stereocenters. The second kappa shape index (κ2) is 7.79. The molecule has 1 fully saturated rings. The van der Waals surface area contributed by atoms with E-state index in [1.165, 1.54) is 0 Å². The van der Waals surface area contributed by atoms with Gasteiger partial charge in [-0.1, -0.05) is 30.3 Å². The fourth-order valence-corrected chi connectivity index (χ4v) is 2.66. The SMILES string of the molecule is O=C(O)CCNC(=O)NC1(Cc2ccccc2)CCOCC1. The summed E-state index contributed by atoms with van der Waals surface area (Å²) >= 11 is 0. The van der Waals surface area contributed by atoms with Crippen LogP contribution in [0.2, 0.25) is 0 Å². The van der Waals surface area contributed by atoms with Crippen LogP contribution in [0.3, 0.4) is 0 Å². The van der Waals surface area contributed by atoms with Crippen molar-refractivity contribution < 1.29 is 19.4 Å². The Morgan fingerprint density at radius 3 is 2.50 bits per heavy atom. The molecule has 0 radical (unpaired) electrons. The monoisotopic (exact) mass is 306 g/mol. The highest BCUT2D eigenvalue weighted by Gasteiger charge is 2.34. The van der Waals surface area contributed by atoms with Crippen LogP contribution in [0, 0.1) is 0 Å². The van der Waals surface area contributed by atoms with E-state index in [0.29, 0.717) is 13.2 Å². The summed E-state index contributed by atoms with van der Waals surface area (Å²) < 4.78 is 5.41. The van der Waals surface area contributed by atoms with Crippen LogP contribution < -0.4 is 10.6 Å². The number of carboxylic acid groups (broad SMARTS) is 1. The van der Waals surface area contributed by atoms with Crippen molar-refractivity contribution in [2.24, 2.45) is 0 Å². The molecule has 22 heavy (non-hydrogen) atoms. The number of carbonyl (C=O) groups excluding carboxylic acids is 1. The van der Waals surface area contributed by atoms with Crippen molar-refractivity contribution in [3.8, 4) is 0 Å². The molecule has 0 bridgehead atoms. The third kappa shape index (κ3) is 5.04. The molecule has 0 aromatic heterocycles. The Morgan fingerprint density at radius 2 is 1.86 bits per heavy atom. The zero-order valence-electron chi connectivity index (χ0n) is 12.5. The van der Waals surface area contributed by atoms with E-state index in [-0.39, 0.29) is 24.5 Å². The topological polar surface area (TPSA) is 87.7 Å². The van der Waals surface area contributed by atoms with Crippen molar-refractivity contribution in [2.75, 3.05) is 19.8 Å². The predicted octanol–water partition coefficient (Wildman–Crippen LogP) is 1.55. The molecule has 0 atom stereocenters. The van der Waals surface area contributed by atoms with Crippen LogP contribution in [0.4, 0.5) is 4.79 Å². The second-order valence-electron chi connectivity index (χ2n) is 5.58. The predicted molar refractivity (Wildman–Crippen MR) is 81.7 cm³/mol. The smallest absolute Gasteiger partial charge is 0.315 e. The summed E-state index contributed by atoms with van der Waals surface area (Å²) in [5.74, 6) is -0.926. The summed E-state index contributed by atoms with van der Waals surface area (Å²) in [6.45, 7) is 1.35. The average molecular weight is 306 g/mol. The molecule has 0 saturated carbocycles.